The van der Waals surface area contributed by atoms with E-state index >= 15 is 0 Å². The molecule has 3 heterocycles. The van der Waals surface area contributed by atoms with Gasteiger partial charge in [0.2, 0.25) is 0 Å². The molecule has 0 aromatic carbocycles. The summed E-state index contributed by atoms with van der Waals surface area (Å²) in [7, 11) is 0. The number of imidazole rings is 2. The van der Waals surface area contributed by atoms with Gasteiger partial charge in [-0.1, -0.05) is 17.8 Å². The third kappa shape index (κ3) is 2.19. The van der Waals surface area contributed by atoms with Gasteiger partial charge in [-0.3, -0.25) is 0 Å². The number of hydrogen-bond acceptors (Lipinski definition) is 3. The Morgan fingerprint density at radius 1 is 1.41 bits per heavy atom. The van der Waals surface area contributed by atoms with Crippen molar-refractivity contribution in [3.05, 3.63) is 48.2 Å². The molecule has 86 valence electrons. The second kappa shape index (κ2) is 4.25. The third-order valence-corrected chi connectivity index (χ3v) is 3.37. The van der Waals surface area contributed by atoms with Gasteiger partial charge in [0.15, 0.2) is 5.16 Å². The van der Waals surface area contributed by atoms with Gasteiger partial charge in [0, 0.05) is 30.0 Å². The van der Waals surface area contributed by atoms with E-state index in [2.05, 4.69) is 21.1 Å². The number of pyridine rings is 1. The van der Waals surface area contributed by atoms with Crippen LogP contribution in [0.2, 0.25) is 0 Å². The van der Waals surface area contributed by atoms with Crippen LogP contribution in [0.3, 0.4) is 0 Å². The number of H-pyrrole nitrogens is 1. The van der Waals surface area contributed by atoms with E-state index in [1.807, 2.05) is 41.9 Å². The highest BCUT2D eigenvalue weighted by Gasteiger charge is 2.03. The quantitative estimate of drug-likeness (QED) is 0.720. The van der Waals surface area contributed by atoms with E-state index in [0.29, 0.717) is 0 Å². The average Bonchev–Trinajstić information content (AvgIpc) is 2.91. The number of nitrogens with one attached hydrogen (secondary N) is 1. The van der Waals surface area contributed by atoms with Crippen LogP contribution in [-0.4, -0.2) is 19.4 Å². The fraction of sp³-hybridized carbons (Fsp3) is 0.167. The second-order valence-electron chi connectivity index (χ2n) is 3.86. The first-order chi connectivity index (χ1) is 8.31. The molecule has 0 bridgehead atoms. The predicted octanol–water partition coefficient (Wildman–Crippen LogP) is 2.66. The maximum Gasteiger partial charge on any atom is 0.165 e. The first-order valence-electron chi connectivity index (χ1n) is 5.38. The summed E-state index contributed by atoms with van der Waals surface area (Å²) >= 11 is 1.67. The van der Waals surface area contributed by atoms with Crippen LogP contribution >= 0.6 is 11.8 Å². The van der Waals surface area contributed by atoms with E-state index in [9.17, 15) is 0 Å². The summed E-state index contributed by atoms with van der Waals surface area (Å²) in [5.41, 5.74) is 3.14. The van der Waals surface area contributed by atoms with Crippen molar-refractivity contribution in [1.82, 2.24) is 19.4 Å². The van der Waals surface area contributed by atoms with E-state index in [0.717, 1.165) is 27.9 Å². The van der Waals surface area contributed by atoms with Crippen LogP contribution in [0.4, 0.5) is 0 Å². The summed E-state index contributed by atoms with van der Waals surface area (Å²) in [4.78, 5) is 12.0. The monoisotopic (exact) mass is 244 g/mol. The number of aromatic amines is 1. The fourth-order valence-electron chi connectivity index (χ4n) is 1.66. The first-order valence-corrected chi connectivity index (χ1v) is 6.37. The van der Waals surface area contributed by atoms with Crippen molar-refractivity contribution in [3.63, 3.8) is 0 Å². The van der Waals surface area contributed by atoms with Gasteiger partial charge in [0.25, 0.3) is 0 Å². The number of fused-ring (bicyclic) bond motifs is 1. The van der Waals surface area contributed by atoms with Crippen molar-refractivity contribution < 1.29 is 0 Å². The van der Waals surface area contributed by atoms with Crippen LogP contribution < -0.4 is 0 Å². The van der Waals surface area contributed by atoms with Gasteiger partial charge >= 0.3 is 0 Å². The molecule has 3 aromatic heterocycles. The number of rotatable bonds is 3. The molecule has 0 spiro atoms. The number of thioether (sulfide) groups is 1. The van der Waals surface area contributed by atoms with Gasteiger partial charge in [-0.25, -0.2) is 9.97 Å². The van der Waals surface area contributed by atoms with E-state index < -0.39 is 0 Å². The van der Waals surface area contributed by atoms with Crippen LogP contribution in [-0.2, 0) is 5.75 Å². The maximum atomic E-state index is 4.54. The summed E-state index contributed by atoms with van der Waals surface area (Å²) in [5, 5.41) is 0.944. The Bertz CT molecular complexity index is 608. The molecule has 3 rings (SSSR count). The van der Waals surface area contributed by atoms with Crippen LogP contribution in [0, 0.1) is 6.92 Å². The molecule has 0 aliphatic carbocycles. The second-order valence-corrected chi connectivity index (χ2v) is 4.82. The molecule has 0 aliphatic heterocycles. The van der Waals surface area contributed by atoms with Crippen LogP contribution in [0.25, 0.3) is 5.65 Å². The van der Waals surface area contributed by atoms with Crippen molar-refractivity contribution in [3.8, 4) is 0 Å². The molecule has 0 saturated heterocycles. The van der Waals surface area contributed by atoms with Crippen LogP contribution in [0.15, 0.2) is 41.9 Å². The van der Waals surface area contributed by atoms with E-state index in [1.54, 1.807) is 11.8 Å². The highest BCUT2D eigenvalue weighted by atomic mass is 32.2. The lowest BCUT2D eigenvalue weighted by atomic mass is 10.5. The minimum Gasteiger partial charge on any atom is -0.337 e. The smallest absolute Gasteiger partial charge is 0.165 e. The molecule has 5 heteroatoms. The zero-order valence-electron chi connectivity index (χ0n) is 9.42. The summed E-state index contributed by atoms with van der Waals surface area (Å²) in [6.45, 7) is 2.00. The van der Waals surface area contributed by atoms with Crippen LogP contribution in [0.1, 0.15) is 11.4 Å². The Balaban J connectivity index is 1.76. The van der Waals surface area contributed by atoms with E-state index in [1.165, 1.54) is 0 Å². The Kier molecular flexibility index (Phi) is 2.60. The highest BCUT2D eigenvalue weighted by molar-refractivity contribution is 7.98. The largest absolute Gasteiger partial charge is 0.337 e. The minimum atomic E-state index is 0.828. The Hall–Kier alpha value is -1.75. The lowest BCUT2D eigenvalue weighted by Gasteiger charge is -1.92. The van der Waals surface area contributed by atoms with Crippen LogP contribution in [0.5, 0.6) is 0 Å². The van der Waals surface area contributed by atoms with Crippen molar-refractivity contribution in [1.29, 1.82) is 0 Å². The molecule has 0 aliphatic rings. The molecule has 1 N–H and O–H groups in total. The van der Waals surface area contributed by atoms with Gasteiger partial charge < -0.3 is 9.38 Å². The van der Waals surface area contributed by atoms with Gasteiger partial charge in [-0.15, -0.1) is 0 Å². The molecule has 3 aromatic rings. The topological polar surface area (TPSA) is 46.0 Å². The van der Waals surface area contributed by atoms with Gasteiger partial charge in [-0.05, 0) is 19.1 Å². The minimum absolute atomic E-state index is 0.828. The summed E-state index contributed by atoms with van der Waals surface area (Å²) in [6, 6.07) is 6.00. The van der Waals surface area contributed by atoms with Crippen molar-refractivity contribution in [2.45, 2.75) is 17.8 Å². The SMILES string of the molecule is Cc1cnc(SCc2cn3ccccc3n2)[nH]1. The normalized spacial score (nSPS) is 11.1. The number of aromatic nitrogens is 4. The standard InChI is InChI=1S/C12H12N4S/c1-9-6-13-12(14-9)17-8-10-7-16-5-3-2-4-11(16)15-10/h2-7H,8H2,1H3,(H,13,14). The van der Waals surface area contributed by atoms with Crippen molar-refractivity contribution in [2.75, 3.05) is 0 Å². The van der Waals surface area contributed by atoms with Crippen molar-refractivity contribution >= 4 is 17.4 Å². The maximum absolute atomic E-state index is 4.54. The number of nitrogens with zero attached hydrogens (tertiary/aromatic N) is 3. The lowest BCUT2D eigenvalue weighted by molar-refractivity contribution is 1.04. The molecule has 0 amide bonds. The Morgan fingerprint density at radius 3 is 3.12 bits per heavy atom. The molecule has 17 heavy (non-hydrogen) atoms. The average molecular weight is 244 g/mol. The summed E-state index contributed by atoms with van der Waals surface area (Å²) in [6.07, 6.45) is 5.90. The molecule has 0 atom stereocenters. The molecule has 0 fully saturated rings. The zero-order chi connectivity index (χ0) is 11.7. The molecule has 0 unspecified atom stereocenters. The molecule has 0 saturated carbocycles. The zero-order valence-corrected chi connectivity index (χ0v) is 10.2. The number of hydrogen-bond donors (Lipinski definition) is 1. The summed E-state index contributed by atoms with van der Waals surface area (Å²) in [5.74, 6) is 0.828. The third-order valence-electron chi connectivity index (χ3n) is 2.45. The van der Waals surface area contributed by atoms with Crippen molar-refractivity contribution in [2.24, 2.45) is 0 Å². The van der Waals surface area contributed by atoms with E-state index in [4.69, 9.17) is 0 Å². The summed E-state index contributed by atoms with van der Waals surface area (Å²) < 4.78 is 2.03. The fourth-order valence-corrected chi connectivity index (χ4v) is 2.45. The Morgan fingerprint density at radius 2 is 2.35 bits per heavy atom. The van der Waals surface area contributed by atoms with Gasteiger partial charge in [0.1, 0.15) is 5.65 Å². The molecular weight excluding hydrogens is 232 g/mol. The van der Waals surface area contributed by atoms with Gasteiger partial charge in [-0.2, -0.15) is 0 Å². The van der Waals surface area contributed by atoms with Gasteiger partial charge in [0.05, 0.1) is 5.69 Å². The lowest BCUT2D eigenvalue weighted by Crippen LogP contribution is -1.81. The molecule has 0 radical (unpaired) electrons. The Labute approximate surface area is 103 Å². The number of aryl methyl sites for hydroxylation is 1. The molecular formula is C12H12N4S. The highest BCUT2D eigenvalue weighted by Crippen LogP contribution is 2.19. The van der Waals surface area contributed by atoms with E-state index in [-0.39, 0.29) is 0 Å². The first kappa shape index (κ1) is 10.4. The molecule has 4 nitrogen and oxygen atoms in total. The predicted molar refractivity (Wildman–Crippen MR) is 68.1 cm³/mol.